The molecule has 0 aliphatic rings. The average molecular weight is 185 g/mol. The zero-order chi connectivity index (χ0) is 10.4. The first-order valence-electron chi connectivity index (χ1n) is 4.70. The lowest BCUT2D eigenvalue weighted by Crippen LogP contribution is -2.38. The van der Waals surface area contributed by atoms with E-state index >= 15 is 0 Å². The van der Waals surface area contributed by atoms with Crippen molar-refractivity contribution in [2.45, 2.75) is 39.7 Å². The molecule has 3 heteroatoms. The number of carbonyl (C=O) groups is 2. The molecule has 13 heavy (non-hydrogen) atoms. The lowest BCUT2D eigenvalue weighted by atomic mass is 10.0. The van der Waals surface area contributed by atoms with Gasteiger partial charge in [-0.2, -0.15) is 0 Å². The molecule has 0 heterocycles. The Kier molecular flexibility index (Phi) is 5.35. The van der Waals surface area contributed by atoms with Gasteiger partial charge in [0.2, 0.25) is 5.91 Å². The van der Waals surface area contributed by atoms with Gasteiger partial charge in [0.1, 0.15) is 6.29 Å². The van der Waals surface area contributed by atoms with Gasteiger partial charge < -0.3 is 9.69 Å². The first kappa shape index (κ1) is 12.1. The molecule has 0 bridgehead atoms. The molecule has 0 aromatic heterocycles. The third kappa shape index (κ3) is 4.06. The van der Waals surface area contributed by atoms with E-state index in [0.29, 0.717) is 18.8 Å². The van der Waals surface area contributed by atoms with Crippen molar-refractivity contribution in [2.24, 2.45) is 5.92 Å². The van der Waals surface area contributed by atoms with E-state index in [4.69, 9.17) is 0 Å². The van der Waals surface area contributed by atoms with Gasteiger partial charge in [-0.05, 0) is 12.8 Å². The van der Waals surface area contributed by atoms with Crippen LogP contribution in [0, 0.1) is 5.92 Å². The first-order chi connectivity index (χ1) is 6.00. The monoisotopic (exact) mass is 185 g/mol. The van der Waals surface area contributed by atoms with E-state index < -0.39 is 0 Å². The van der Waals surface area contributed by atoms with E-state index in [9.17, 15) is 9.59 Å². The Hall–Kier alpha value is -0.860. The number of hydrogen-bond acceptors (Lipinski definition) is 2. The van der Waals surface area contributed by atoms with Crippen LogP contribution in [-0.4, -0.2) is 30.2 Å². The molecule has 0 aliphatic carbocycles. The summed E-state index contributed by atoms with van der Waals surface area (Å²) in [5, 5.41) is 0. The fourth-order valence-corrected chi connectivity index (χ4v) is 1.03. The van der Waals surface area contributed by atoms with E-state index in [-0.39, 0.29) is 11.9 Å². The molecule has 0 saturated carbocycles. The minimum atomic E-state index is 0.0494. The van der Waals surface area contributed by atoms with Gasteiger partial charge in [0.05, 0.1) is 0 Å². The third-order valence-electron chi connectivity index (χ3n) is 2.45. The molecule has 0 aromatic rings. The van der Waals surface area contributed by atoms with Crippen molar-refractivity contribution >= 4 is 12.2 Å². The number of hydrogen-bond donors (Lipinski definition) is 0. The zero-order valence-corrected chi connectivity index (χ0v) is 8.91. The molecular formula is C10H19NO2. The maximum absolute atomic E-state index is 11.4. The lowest BCUT2D eigenvalue weighted by molar-refractivity contribution is -0.133. The number of rotatable bonds is 5. The van der Waals surface area contributed by atoms with E-state index in [0.717, 1.165) is 6.29 Å². The fraction of sp³-hybridized carbons (Fsp3) is 0.800. The van der Waals surface area contributed by atoms with Gasteiger partial charge in [-0.3, -0.25) is 4.79 Å². The van der Waals surface area contributed by atoms with Crippen LogP contribution in [0.4, 0.5) is 0 Å². The highest BCUT2D eigenvalue weighted by atomic mass is 16.2. The maximum atomic E-state index is 11.4. The van der Waals surface area contributed by atoms with Gasteiger partial charge in [0.25, 0.3) is 0 Å². The second-order valence-electron chi connectivity index (χ2n) is 3.69. The molecule has 1 amide bonds. The summed E-state index contributed by atoms with van der Waals surface area (Å²) >= 11 is 0. The van der Waals surface area contributed by atoms with Crippen LogP contribution in [0.15, 0.2) is 0 Å². The molecule has 1 atom stereocenters. The smallest absolute Gasteiger partial charge is 0.222 e. The number of amides is 1. The van der Waals surface area contributed by atoms with Gasteiger partial charge in [0.15, 0.2) is 0 Å². The Labute approximate surface area is 80.1 Å². The highest BCUT2D eigenvalue weighted by Crippen LogP contribution is 2.09. The highest BCUT2D eigenvalue weighted by Gasteiger charge is 2.17. The molecule has 0 aliphatic heterocycles. The second kappa shape index (κ2) is 5.73. The third-order valence-corrected chi connectivity index (χ3v) is 2.45. The second-order valence-corrected chi connectivity index (χ2v) is 3.69. The van der Waals surface area contributed by atoms with Crippen LogP contribution < -0.4 is 0 Å². The Morgan fingerprint density at radius 3 is 2.31 bits per heavy atom. The molecular weight excluding hydrogens is 166 g/mol. The minimum absolute atomic E-state index is 0.0494. The van der Waals surface area contributed by atoms with Gasteiger partial charge in [-0.15, -0.1) is 0 Å². The minimum Gasteiger partial charge on any atom is -0.343 e. The van der Waals surface area contributed by atoms with Crippen LogP contribution in [0.5, 0.6) is 0 Å². The van der Waals surface area contributed by atoms with Crippen LogP contribution in [0.25, 0.3) is 0 Å². The Morgan fingerprint density at radius 1 is 1.38 bits per heavy atom. The Morgan fingerprint density at radius 2 is 1.92 bits per heavy atom. The molecule has 1 unspecified atom stereocenters. The summed E-state index contributed by atoms with van der Waals surface area (Å²) in [7, 11) is 1.79. The SMILES string of the molecule is CC(C)C(C)N(C)C(=O)CCC=O. The summed E-state index contributed by atoms with van der Waals surface area (Å²) in [4.78, 5) is 23.2. The summed E-state index contributed by atoms with van der Waals surface area (Å²) in [5.74, 6) is 0.499. The van der Waals surface area contributed by atoms with Gasteiger partial charge in [-0.1, -0.05) is 13.8 Å². The maximum Gasteiger partial charge on any atom is 0.222 e. The summed E-state index contributed by atoms with van der Waals surface area (Å²) < 4.78 is 0. The van der Waals surface area contributed by atoms with Gasteiger partial charge in [0, 0.05) is 25.9 Å². The van der Waals surface area contributed by atoms with Crippen LogP contribution in [0.3, 0.4) is 0 Å². The fourth-order valence-electron chi connectivity index (χ4n) is 1.03. The topological polar surface area (TPSA) is 37.4 Å². The molecule has 0 fully saturated rings. The van der Waals surface area contributed by atoms with E-state index in [1.807, 2.05) is 6.92 Å². The molecule has 0 spiro atoms. The average Bonchev–Trinajstić information content (AvgIpc) is 2.11. The van der Waals surface area contributed by atoms with Gasteiger partial charge >= 0.3 is 0 Å². The standard InChI is InChI=1S/C10H19NO2/c1-8(2)9(3)11(4)10(13)6-5-7-12/h7-9H,5-6H2,1-4H3. The summed E-state index contributed by atoms with van der Waals surface area (Å²) in [6.45, 7) is 6.17. The molecule has 0 N–H and O–H groups in total. The first-order valence-corrected chi connectivity index (χ1v) is 4.70. The van der Waals surface area contributed by atoms with Crippen LogP contribution in [-0.2, 0) is 9.59 Å². The Bertz CT molecular complexity index is 178. The highest BCUT2D eigenvalue weighted by molar-refractivity contribution is 5.78. The Balaban J connectivity index is 4.01. The predicted molar refractivity (Wildman–Crippen MR) is 52.4 cm³/mol. The van der Waals surface area contributed by atoms with E-state index in [1.165, 1.54) is 0 Å². The molecule has 0 rings (SSSR count). The zero-order valence-electron chi connectivity index (χ0n) is 8.91. The summed E-state index contributed by atoms with van der Waals surface area (Å²) in [6.07, 6.45) is 1.44. The van der Waals surface area contributed by atoms with Crippen LogP contribution >= 0.6 is 0 Å². The van der Waals surface area contributed by atoms with Crippen molar-refractivity contribution in [2.75, 3.05) is 7.05 Å². The van der Waals surface area contributed by atoms with Crippen molar-refractivity contribution in [1.29, 1.82) is 0 Å². The van der Waals surface area contributed by atoms with Crippen molar-refractivity contribution in [1.82, 2.24) is 4.90 Å². The van der Waals surface area contributed by atoms with Crippen LogP contribution in [0.2, 0.25) is 0 Å². The normalized spacial score (nSPS) is 12.7. The molecule has 0 aromatic carbocycles. The quantitative estimate of drug-likeness (QED) is 0.608. The summed E-state index contributed by atoms with van der Waals surface area (Å²) in [5.41, 5.74) is 0. The van der Waals surface area contributed by atoms with Crippen molar-refractivity contribution in [3.8, 4) is 0 Å². The van der Waals surface area contributed by atoms with Crippen molar-refractivity contribution in [3.05, 3.63) is 0 Å². The summed E-state index contributed by atoms with van der Waals surface area (Å²) in [6, 6.07) is 0.235. The predicted octanol–water partition coefficient (Wildman–Crippen LogP) is 1.47. The molecule has 0 radical (unpaired) electrons. The van der Waals surface area contributed by atoms with Crippen molar-refractivity contribution in [3.63, 3.8) is 0 Å². The van der Waals surface area contributed by atoms with E-state index in [1.54, 1.807) is 11.9 Å². The molecule has 3 nitrogen and oxygen atoms in total. The van der Waals surface area contributed by atoms with Crippen LogP contribution in [0.1, 0.15) is 33.6 Å². The largest absolute Gasteiger partial charge is 0.343 e. The van der Waals surface area contributed by atoms with Gasteiger partial charge in [-0.25, -0.2) is 0 Å². The molecule has 76 valence electrons. The number of nitrogens with zero attached hydrogens (tertiary/aromatic N) is 1. The number of carbonyl (C=O) groups excluding carboxylic acids is 2. The van der Waals surface area contributed by atoms with E-state index in [2.05, 4.69) is 13.8 Å². The lowest BCUT2D eigenvalue weighted by Gasteiger charge is -2.27. The number of aldehydes is 1. The molecule has 0 saturated heterocycles. The van der Waals surface area contributed by atoms with Crippen molar-refractivity contribution < 1.29 is 9.59 Å².